The van der Waals surface area contributed by atoms with Crippen LogP contribution in [0.5, 0.6) is 0 Å². The molecule has 5 nitrogen and oxygen atoms in total. The number of hydrogen-bond donors (Lipinski definition) is 2. The third-order valence-corrected chi connectivity index (χ3v) is 5.40. The van der Waals surface area contributed by atoms with E-state index in [0.29, 0.717) is 12.5 Å². The van der Waals surface area contributed by atoms with Crippen LogP contribution in [0.1, 0.15) is 32.3 Å². The summed E-state index contributed by atoms with van der Waals surface area (Å²) in [5.41, 5.74) is 0.792. The zero-order chi connectivity index (χ0) is 19.7. The number of aliphatic imine (C=N–C) groups is 1. The lowest BCUT2D eigenvalue weighted by molar-refractivity contribution is 0.121. The Kier molecular flexibility index (Phi) is 11.3. The van der Waals surface area contributed by atoms with E-state index >= 15 is 0 Å². The zero-order valence-corrected chi connectivity index (χ0v) is 20.0. The molecule has 28 heavy (non-hydrogen) atoms. The highest BCUT2D eigenvalue weighted by Gasteiger charge is 2.22. The first-order valence-electron chi connectivity index (χ1n) is 9.86. The number of benzene rings is 1. The summed E-state index contributed by atoms with van der Waals surface area (Å²) in [6, 6.07) is 6.82. The number of rotatable bonds is 8. The Balaban J connectivity index is 0.00000392. The van der Waals surface area contributed by atoms with Gasteiger partial charge >= 0.3 is 0 Å². The molecule has 7 heteroatoms. The second-order valence-electron chi connectivity index (χ2n) is 7.98. The highest BCUT2D eigenvalue weighted by atomic mass is 127. The normalized spacial score (nSPS) is 16.5. The SMILES string of the molecule is CN=C(NCC1CCN(CCOC)CC1)NCC(C)(C)c1cccc(F)c1.I. The van der Waals surface area contributed by atoms with Crippen LogP contribution < -0.4 is 10.6 Å². The third kappa shape index (κ3) is 8.21. The highest BCUT2D eigenvalue weighted by molar-refractivity contribution is 14.0. The number of ether oxygens (including phenoxy) is 1. The van der Waals surface area contributed by atoms with Crippen LogP contribution in [0.25, 0.3) is 0 Å². The van der Waals surface area contributed by atoms with Crippen LogP contribution in [-0.4, -0.2) is 64.3 Å². The molecule has 0 saturated carbocycles. The van der Waals surface area contributed by atoms with Gasteiger partial charge in [0.2, 0.25) is 0 Å². The van der Waals surface area contributed by atoms with Gasteiger partial charge in [-0.15, -0.1) is 24.0 Å². The minimum Gasteiger partial charge on any atom is -0.383 e. The summed E-state index contributed by atoms with van der Waals surface area (Å²) in [6.45, 7) is 9.93. The average molecular weight is 506 g/mol. The molecule has 0 aliphatic carbocycles. The first-order chi connectivity index (χ1) is 12.9. The number of nitrogens with one attached hydrogen (secondary N) is 2. The van der Waals surface area contributed by atoms with Gasteiger partial charge in [0.05, 0.1) is 6.61 Å². The monoisotopic (exact) mass is 506 g/mol. The molecule has 0 aromatic heterocycles. The Morgan fingerprint density at radius 3 is 2.61 bits per heavy atom. The minimum atomic E-state index is -0.195. The van der Waals surface area contributed by atoms with E-state index in [9.17, 15) is 4.39 Å². The van der Waals surface area contributed by atoms with Gasteiger partial charge in [-0.1, -0.05) is 26.0 Å². The highest BCUT2D eigenvalue weighted by Crippen LogP contribution is 2.22. The van der Waals surface area contributed by atoms with Crippen molar-refractivity contribution >= 4 is 29.9 Å². The van der Waals surface area contributed by atoms with Gasteiger partial charge in [0.25, 0.3) is 0 Å². The maximum Gasteiger partial charge on any atom is 0.191 e. The lowest BCUT2D eigenvalue weighted by Crippen LogP contribution is -2.46. The minimum absolute atomic E-state index is 0. The van der Waals surface area contributed by atoms with Crippen molar-refractivity contribution in [2.45, 2.75) is 32.1 Å². The van der Waals surface area contributed by atoms with Crippen molar-refractivity contribution in [3.8, 4) is 0 Å². The van der Waals surface area contributed by atoms with E-state index in [1.165, 1.54) is 18.9 Å². The van der Waals surface area contributed by atoms with Crippen molar-refractivity contribution in [3.63, 3.8) is 0 Å². The maximum absolute atomic E-state index is 13.5. The van der Waals surface area contributed by atoms with Crippen LogP contribution in [0.2, 0.25) is 0 Å². The van der Waals surface area contributed by atoms with Crippen LogP contribution in [0.15, 0.2) is 29.3 Å². The summed E-state index contributed by atoms with van der Waals surface area (Å²) >= 11 is 0. The van der Waals surface area contributed by atoms with E-state index in [-0.39, 0.29) is 35.2 Å². The molecule has 1 fully saturated rings. The quantitative estimate of drug-likeness (QED) is 0.323. The molecule has 0 atom stereocenters. The molecular weight excluding hydrogens is 470 g/mol. The Bertz CT molecular complexity index is 604. The van der Waals surface area contributed by atoms with Crippen LogP contribution in [0.4, 0.5) is 4.39 Å². The molecule has 0 radical (unpaired) electrons. The lowest BCUT2D eigenvalue weighted by Gasteiger charge is -2.32. The standard InChI is InChI=1S/C21H35FN4O.HI/c1-21(2,18-6-5-7-19(22)14-18)16-25-20(23-3)24-15-17-8-10-26(11-9-17)12-13-27-4;/h5-7,14,17H,8-13,15-16H2,1-4H3,(H2,23,24,25);1H. The van der Waals surface area contributed by atoms with Crippen molar-refractivity contribution in [3.05, 3.63) is 35.6 Å². The smallest absolute Gasteiger partial charge is 0.191 e. The molecule has 0 amide bonds. The molecule has 0 bridgehead atoms. The van der Waals surface area contributed by atoms with Crippen LogP contribution >= 0.6 is 24.0 Å². The molecule has 1 aliphatic heterocycles. The summed E-state index contributed by atoms with van der Waals surface area (Å²) in [6.07, 6.45) is 2.39. The van der Waals surface area contributed by atoms with Crippen molar-refractivity contribution in [1.29, 1.82) is 0 Å². The third-order valence-electron chi connectivity index (χ3n) is 5.40. The first-order valence-corrected chi connectivity index (χ1v) is 9.86. The predicted molar refractivity (Wildman–Crippen MR) is 125 cm³/mol. The number of piperidine rings is 1. The Labute approximate surface area is 186 Å². The fraction of sp³-hybridized carbons (Fsp3) is 0.667. The summed E-state index contributed by atoms with van der Waals surface area (Å²) < 4.78 is 18.7. The summed E-state index contributed by atoms with van der Waals surface area (Å²) in [5.74, 6) is 1.28. The molecule has 1 aromatic carbocycles. The van der Waals surface area contributed by atoms with Crippen molar-refractivity contribution < 1.29 is 9.13 Å². The van der Waals surface area contributed by atoms with Crippen molar-refractivity contribution in [2.24, 2.45) is 10.9 Å². The molecule has 1 aliphatic rings. The Morgan fingerprint density at radius 2 is 2.00 bits per heavy atom. The van der Waals surface area contributed by atoms with Gasteiger partial charge in [0.15, 0.2) is 5.96 Å². The summed E-state index contributed by atoms with van der Waals surface area (Å²) in [5, 5.41) is 6.85. The van der Waals surface area contributed by atoms with Crippen LogP contribution in [-0.2, 0) is 10.2 Å². The van der Waals surface area contributed by atoms with Crippen LogP contribution in [0.3, 0.4) is 0 Å². The second kappa shape index (κ2) is 12.6. The largest absolute Gasteiger partial charge is 0.383 e. The van der Waals surface area contributed by atoms with E-state index in [1.807, 2.05) is 6.07 Å². The van der Waals surface area contributed by atoms with Gasteiger partial charge in [-0.3, -0.25) is 4.99 Å². The van der Waals surface area contributed by atoms with E-state index in [4.69, 9.17) is 4.74 Å². The molecule has 2 rings (SSSR count). The Hall–Kier alpha value is -0.930. The fourth-order valence-corrected chi connectivity index (χ4v) is 3.41. The van der Waals surface area contributed by atoms with Gasteiger partial charge in [-0.2, -0.15) is 0 Å². The molecule has 1 heterocycles. The van der Waals surface area contributed by atoms with Gasteiger partial charge in [0.1, 0.15) is 5.82 Å². The molecule has 160 valence electrons. The zero-order valence-electron chi connectivity index (χ0n) is 17.6. The number of halogens is 2. The number of hydrogen-bond acceptors (Lipinski definition) is 3. The number of methoxy groups -OCH3 is 1. The number of nitrogens with zero attached hydrogens (tertiary/aromatic N) is 2. The van der Waals surface area contributed by atoms with E-state index in [1.54, 1.807) is 26.3 Å². The van der Waals surface area contributed by atoms with Crippen molar-refractivity contribution in [2.75, 3.05) is 53.5 Å². The van der Waals surface area contributed by atoms with Gasteiger partial charge in [-0.05, 0) is 49.5 Å². The topological polar surface area (TPSA) is 48.9 Å². The lowest BCUT2D eigenvalue weighted by atomic mass is 9.84. The first kappa shape index (κ1) is 25.1. The second-order valence-corrected chi connectivity index (χ2v) is 7.98. The molecule has 2 N–H and O–H groups in total. The molecule has 1 saturated heterocycles. The molecular formula is C21H36FIN4O. The molecule has 1 aromatic rings. The maximum atomic E-state index is 13.5. The number of likely N-dealkylation sites (tertiary alicyclic amines) is 1. The summed E-state index contributed by atoms with van der Waals surface area (Å²) in [7, 11) is 3.54. The Morgan fingerprint density at radius 1 is 1.29 bits per heavy atom. The van der Waals surface area contributed by atoms with E-state index in [2.05, 4.69) is 34.4 Å². The van der Waals surface area contributed by atoms with Gasteiger partial charge in [0, 0.05) is 39.2 Å². The predicted octanol–water partition coefficient (Wildman–Crippen LogP) is 3.24. The van der Waals surface area contributed by atoms with Crippen LogP contribution in [0, 0.1) is 11.7 Å². The molecule has 0 spiro atoms. The van der Waals surface area contributed by atoms with E-state index in [0.717, 1.165) is 44.3 Å². The summed E-state index contributed by atoms with van der Waals surface area (Å²) in [4.78, 5) is 6.80. The van der Waals surface area contributed by atoms with Crippen molar-refractivity contribution in [1.82, 2.24) is 15.5 Å². The number of guanidine groups is 1. The molecule has 0 unspecified atom stereocenters. The fourth-order valence-electron chi connectivity index (χ4n) is 3.41. The average Bonchev–Trinajstić information content (AvgIpc) is 2.67. The van der Waals surface area contributed by atoms with E-state index < -0.39 is 0 Å². The van der Waals surface area contributed by atoms with Gasteiger partial charge in [-0.25, -0.2) is 4.39 Å². The van der Waals surface area contributed by atoms with Gasteiger partial charge < -0.3 is 20.3 Å².